The number of rotatable bonds is 6. The first-order valence-corrected chi connectivity index (χ1v) is 7.60. The minimum absolute atomic E-state index is 0.398. The maximum atomic E-state index is 2.48. The molecule has 2 nitrogen and oxygen atoms in total. The van der Waals surface area contributed by atoms with Crippen LogP contribution in [0.15, 0.2) is 0 Å². The van der Waals surface area contributed by atoms with Crippen LogP contribution in [0.1, 0.15) is 0 Å². The third-order valence-corrected chi connectivity index (χ3v) is 4.63. The number of hydrogen-bond acceptors (Lipinski definition) is 2. The van der Waals surface area contributed by atoms with Gasteiger partial charge in [0.1, 0.15) is 0 Å². The van der Waals surface area contributed by atoms with Gasteiger partial charge in [-0.2, -0.15) is 0 Å². The quantitative estimate of drug-likeness (QED) is 0.576. The van der Waals surface area contributed by atoms with E-state index in [1.54, 1.807) is 0 Å². The van der Waals surface area contributed by atoms with Crippen molar-refractivity contribution in [2.45, 2.75) is 16.4 Å². The lowest BCUT2D eigenvalue weighted by atomic mass is 10.7. The van der Waals surface area contributed by atoms with Crippen molar-refractivity contribution in [3.63, 3.8) is 0 Å². The first-order chi connectivity index (χ1) is 5.52. The van der Waals surface area contributed by atoms with Crippen LogP contribution in [-0.2, 0) is 0 Å². The molecule has 3 heteroatoms. The first-order valence-electron chi connectivity index (χ1n) is 4.82. The molecule has 0 bridgehead atoms. The highest BCUT2D eigenvalue weighted by atomic mass is 27.2. The van der Waals surface area contributed by atoms with Gasteiger partial charge in [-0.05, 0) is 41.3 Å². The Morgan fingerprint density at radius 1 is 0.833 bits per heavy atom. The molecule has 12 heavy (non-hydrogen) atoms. The Morgan fingerprint density at radius 2 is 1.17 bits per heavy atom. The van der Waals surface area contributed by atoms with Gasteiger partial charge in [0.15, 0.2) is 0 Å². The second-order valence-electron chi connectivity index (χ2n) is 4.29. The summed E-state index contributed by atoms with van der Waals surface area (Å²) in [5, 5.41) is 2.92. The van der Waals surface area contributed by atoms with Gasteiger partial charge >= 0.3 is 0 Å². The van der Waals surface area contributed by atoms with E-state index in [9.17, 15) is 0 Å². The van der Waals surface area contributed by atoms with Crippen molar-refractivity contribution >= 4 is 14.1 Å². The van der Waals surface area contributed by atoms with Crippen molar-refractivity contribution in [2.75, 3.05) is 41.3 Å². The predicted octanol–water partition coefficient (Wildman–Crippen LogP) is 1.23. The van der Waals surface area contributed by atoms with Crippen molar-refractivity contribution < 1.29 is 0 Å². The summed E-state index contributed by atoms with van der Waals surface area (Å²) in [6.07, 6.45) is 0. The zero-order chi connectivity index (χ0) is 9.56. The van der Waals surface area contributed by atoms with E-state index in [1.165, 1.54) is 23.7 Å². The van der Waals surface area contributed by atoms with Gasteiger partial charge in [-0.3, -0.25) is 0 Å². The van der Waals surface area contributed by atoms with Gasteiger partial charge in [-0.25, -0.2) is 0 Å². The molecule has 0 aromatic heterocycles. The highest BCUT2D eigenvalue weighted by Crippen LogP contribution is 2.00. The van der Waals surface area contributed by atoms with Crippen LogP contribution in [0.25, 0.3) is 0 Å². The van der Waals surface area contributed by atoms with E-state index in [0.717, 1.165) is 0 Å². The van der Waals surface area contributed by atoms with Crippen LogP contribution < -0.4 is 0 Å². The monoisotopic (exact) mass is 186 g/mol. The summed E-state index contributed by atoms with van der Waals surface area (Å²) < 4.78 is 0. The van der Waals surface area contributed by atoms with Gasteiger partial charge < -0.3 is 9.80 Å². The maximum Gasteiger partial charge on any atom is 0.261 e. The molecule has 0 rings (SSSR count). The largest absolute Gasteiger partial charge is 0.311 e. The van der Waals surface area contributed by atoms with Crippen molar-refractivity contribution in [2.24, 2.45) is 0 Å². The standard InChI is InChI=1S/2C4H10N.CH3.Al/c2*1-4-5(2)3;;/h2*1,4H2,2-3H3;1H3;. The summed E-state index contributed by atoms with van der Waals surface area (Å²) in [6, 6.07) is 0. The summed E-state index contributed by atoms with van der Waals surface area (Å²) in [5.74, 6) is 2.48. The second-order valence-corrected chi connectivity index (χ2v) is 7.65. The third-order valence-electron chi connectivity index (χ3n) is 2.14. The SMILES string of the molecule is CN(C)C[CH2][Al]([CH3])[CH2]CN(C)C. The molecule has 0 aromatic carbocycles. The van der Waals surface area contributed by atoms with Gasteiger partial charge in [-0.15, -0.1) is 5.79 Å². The van der Waals surface area contributed by atoms with Gasteiger partial charge in [0.05, 0.1) is 0 Å². The minimum atomic E-state index is -0.398. The Morgan fingerprint density at radius 3 is 1.42 bits per heavy atom. The van der Waals surface area contributed by atoms with Crippen LogP contribution in [0, 0.1) is 0 Å². The van der Waals surface area contributed by atoms with Gasteiger partial charge in [0.25, 0.3) is 14.1 Å². The van der Waals surface area contributed by atoms with Gasteiger partial charge in [-0.1, -0.05) is 10.6 Å². The van der Waals surface area contributed by atoms with E-state index >= 15 is 0 Å². The van der Waals surface area contributed by atoms with Gasteiger partial charge in [0, 0.05) is 0 Å². The first kappa shape index (κ1) is 12.5. The molecule has 0 unspecified atom stereocenters. The summed E-state index contributed by atoms with van der Waals surface area (Å²) in [5.41, 5.74) is 0. The highest BCUT2D eigenvalue weighted by molar-refractivity contribution is 6.57. The lowest BCUT2D eigenvalue weighted by molar-refractivity contribution is 0.424. The van der Waals surface area contributed by atoms with E-state index in [2.05, 4.69) is 43.8 Å². The van der Waals surface area contributed by atoms with Crippen LogP contribution >= 0.6 is 0 Å². The Balaban J connectivity index is 3.27. The molecule has 0 N–H and O–H groups in total. The van der Waals surface area contributed by atoms with E-state index in [-0.39, 0.29) is 0 Å². The Labute approximate surface area is 81.9 Å². The van der Waals surface area contributed by atoms with Gasteiger partial charge in [0.2, 0.25) is 0 Å². The number of nitrogens with zero attached hydrogens (tertiary/aromatic N) is 2. The molecule has 0 amide bonds. The summed E-state index contributed by atoms with van der Waals surface area (Å²) in [6.45, 7) is 2.56. The average molecular weight is 186 g/mol. The molecule has 0 saturated heterocycles. The maximum absolute atomic E-state index is 2.48. The van der Waals surface area contributed by atoms with Crippen LogP contribution in [-0.4, -0.2) is 65.2 Å². The third kappa shape index (κ3) is 8.55. The lowest BCUT2D eigenvalue weighted by Crippen LogP contribution is -2.23. The van der Waals surface area contributed by atoms with E-state index in [4.69, 9.17) is 0 Å². The molecule has 0 spiro atoms. The van der Waals surface area contributed by atoms with E-state index in [1.807, 2.05) is 0 Å². The molecule has 0 aromatic rings. The zero-order valence-corrected chi connectivity index (χ0v) is 10.5. The van der Waals surface area contributed by atoms with Crippen LogP contribution in [0.3, 0.4) is 0 Å². The molecule has 0 aliphatic heterocycles. The molecule has 0 atom stereocenters. The zero-order valence-electron chi connectivity index (χ0n) is 9.30. The van der Waals surface area contributed by atoms with Crippen molar-refractivity contribution in [1.82, 2.24) is 9.80 Å². The smallest absolute Gasteiger partial charge is 0.261 e. The Kier molecular flexibility index (Phi) is 7.17. The molecule has 0 heterocycles. The minimum Gasteiger partial charge on any atom is -0.311 e. The molecular weight excluding hydrogens is 163 g/mol. The lowest BCUT2D eigenvalue weighted by Gasteiger charge is -2.14. The fourth-order valence-corrected chi connectivity index (χ4v) is 3.30. The van der Waals surface area contributed by atoms with Crippen molar-refractivity contribution in [1.29, 1.82) is 0 Å². The normalized spacial score (nSPS) is 11.2. The Bertz CT molecular complexity index is 92.7. The van der Waals surface area contributed by atoms with Crippen LogP contribution in [0.4, 0.5) is 0 Å². The fraction of sp³-hybridized carbons (Fsp3) is 1.00. The topological polar surface area (TPSA) is 6.48 Å². The Hall–Kier alpha value is 0.452. The van der Waals surface area contributed by atoms with Crippen LogP contribution in [0.5, 0.6) is 0 Å². The fourth-order valence-electron chi connectivity index (χ4n) is 1.10. The van der Waals surface area contributed by atoms with Crippen molar-refractivity contribution in [3.05, 3.63) is 0 Å². The molecular formula is C9H23AlN2. The predicted molar refractivity (Wildman–Crippen MR) is 58.3 cm³/mol. The van der Waals surface area contributed by atoms with E-state index in [0.29, 0.717) is 0 Å². The molecule has 0 fully saturated rings. The number of hydrogen-bond donors (Lipinski definition) is 0. The summed E-state index contributed by atoms with van der Waals surface area (Å²) >= 11 is -0.398. The van der Waals surface area contributed by atoms with Crippen molar-refractivity contribution in [3.8, 4) is 0 Å². The molecule has 0 saturated carbocycles. The summed E-state index contributed by atoms with van der Waals surface area (Å²) in [7, 11) is 8.64. The molecule has 0 radical (unpaired) electrons. The average Bonchev–Trinajstić information content (AvgIpc) is 1.96. The van der Waals surface area contributed by atoms with E-state index < -0.39 is 14.1 Å². The van der Waals surface area contributed by atoms with Crippen LogP contribution in [0.2, 0.25) is 16.4 Å². The summed E-state index contributed by atoms with van der Waals surface area (Å²) in [4.78, 5) is 4.58. The molecule has 0 aliphatic rings. The second kappa shape index (κ2) is 6.91. The molecule has 0 aliphatic carbocycles. The highest BCUT2D eigenvalue weighted by Gasteiger charge is 2.09. The molecule has 72 valence electrons.